The van der Waals surface area contributed by atoms with Gasteiger partial charge >= 0.3 is 0 Å². The minimum Gasteiger partial charge on any atom is -0.493 e. The highest BCUT2D eigenvalue weighted by Gasteiger charge is 2.44. The third-order valence-electron chi connectivity index (χ3n) is 12.1. The van der Waals surface area contributed by atoms with E-state index in [9.17, 15) is 28.7 Å². The summed E-state index contributed by atoms with van der Waals surface area (Å²) >= 11 is 13.6. The van der Waals surface area contributed by atoms with Crippen LogP contribution in [0.1, 0.15) is 77.0 Å². The second-order valence-electron chi connectivity index (χ2n) is 17.9. The lowest BCUT2D eigenvalue weighted by Crippen LogP contribution is -2.57. The average Bonchev–Trinajstić information content (AvgIpc) is 3.93. The van der Waals surface area contributed by atoms with E-state index in [0.29, 0.717) is 67.0 Å². The van der Waals surface area contributed by atoms with Gasteiger partial charge in [0, 0.05) is 69.7 Å². The van der Waals surface area contributed by atoms with Crippen molar-refractivity contribution in [1.82, 2.24) is 35.4 Å². The normalized spacial score (nSPS) is 17.0. The predicted molar refractivity (Wildman–Crippen MR) is 256 cm³/mol. The molecule has 3 atom stereocenters. The van der Waals surface area contributed by atoms with Crippen LogP contribution in [0.15, 0.2) is 60.4 Å². The number of nitrogens with one attached hydrogen (secondary N) is 3. The zero-order valence-electron chi connectivity index (χ0n) is 38.0. The van der Waals surface area contributed by atoms with Gasteiger partial charge in [-0.05, 0) is 54.5 Å². The number of piperidine rings is 1. The Morgan fingerprint density at radius 3 is 2.40 bits per heavy atom. The van der Waals surface area contributed by atoms with E-state index < -0.39 is 35.3 Å². The van der Waals surface area contributed by atoms with E-state index in [2.05, 4.69) is 30.9 Å². The molecule has 1 unspecified atom stereocenters. The zero-order chi connectivity index (χ0) is 48.0. The Morgan fingerprint density at radius 1 is 0.985 bits per heavy atom. The number of amides is 4. The average molecular weight is 978 g/mol. The molecule has 67 heavy (non-hydrogen) atoms. The first kappa shape index (κ1) is 49.3. The summed E-state index contributed by atoms with van der Waals surface area (Å²) in [6.07, 6.45) is 2.75. The molecule has 0 aliphatic carbocycles. The Bertz CT molecular complexity index is 2600. The number of aromatic nitrogens is 3. The number of aryl methyl sites for hydroxylation is 1. The predicted octanol–water partition coefficient (Wildman–Crippen LogP) is 8.00. The van der Waals surface area contributed by atoms with E-state index in [-0.39, 0.29) is 71.9 Å². The molecule has 15 nitrogen and oxygen atoms in total. The highest BCUT2D eigenvalue weighted by molar-refractivity contribution is 7.13. The number of hydrogen-bond donors (Lipinski definition) is 4. The second kappa shape index (κ2) is 21.6. The lowest BCUT2D eigenvalue weighted by atomic mass is 9.85. The summed E-state index contributed by atoms with van der Waals surface area (Å²) < 4.78 is 26.9. The van der Waals surface area contributed by atoms with Gasteiger partial charge in [0.05, 0.1) is 50.5 Å². The van der Waals surface area contributed by atoms with Crippen LogP contribution in [0.3, 0.4) is 0 Å². The van der Waals surface area contributed by atoms with Crippen molar-refractivity contribution < 1.29 is 38.1 Å². The van der Waals surface area contributed by atoms with Crippen molar-refractivity contribution in [1.29, 1.82) is 0 Å². The van der Waals surface area contributed by atoms with Crippen LogP contribution in [-0.2, 0) is 25.7 Å². The summed E-state index contributed by atoms with van der Waals surface area (Å²) in [4.78, 5) is 71.3. The molecule has 7 rings (SSSR count). The lowest BCUT2D eigenvalue weighted by Gasteiger charge is -2.35. The molecule has 2 aromatic heterocycles. The molecule has 4 N–H and O–H groups in total. The summed E-state index contributed by atoms with van der Waals surface area (Å²) in [5, 5.41) is 19.8. The number of ether oxygens (including phenoxy) is 2. The van der Waals surface area contributed by atoms with Crippen LogP contribution in [-0.4, -0.2) is 105 Å². The number of halogens is 3. The molecule has 19 heteroatoms. The lowest BCUT2D eigenvalue weighted by molar-refractivity contribution is -0.144. The minimum absolute atomic E-state index is 0.0211. The van der Waals surface area contributed by atoms with Gasteiger partial charge in [0.1, 0.15) is 30.3 Å². The molecular weight excluding hydrogens is 923 g/mol. The molecule has 0 radical (unpaired) electrons. The zero-order valence-corrected chi connectivity index (χ0v) is 40.4. The van der Waals surface area contributed by atoms with Crippen molar-refractivity contribution in [3.05, 3.63) is 87.5 Å². The number of anilines is 2. The smallest absolute Gasteiger partial charge is 0.246 e. The molecule has 2 aliphatic rings. The fourth-order valence-electron chi connectivity index (χ4n) is 8.30. The molecule has 3 aromatic carbocycles. The van der Waals surface area contributed by atoms with E-state index in [1.54, 1.807) is 33.9 Å². The highest BCUT2D eigenvalue weighted by Crippen LogP contribution is 2.38. The van der Waals surface area contributed by atoms with Crippen LogP contribution in [0.2, 0.25) is 10.0 Å². The van der Waals surface area contributed by atoms with E-state index in [0.717, 1.165) is 21.7 Å². The number of carbonyl (C=O) groups is 4. The van der Waals surface area contributed by atoms with Gasteiger partial charge in [-0.2, -0.15) is 0 Å². The molecule has 2 saturated heterocycles. The van der Waals surface area contributed by atoms with Gasteiger partial charge in [0.2, 0.25) is 23.6 Å². The van der Waals surface area contributed by atoms with Crippen molar-refractivity contribution in [3.63, 3.8) is 0 Å². The third-order valence-corrected chi connectivity index (χ3v) is 13.8. The van der Waals surface area contributed by atoms with Gasteiger partial charge in [-0.25, -0.2) is 19.3 Å². The standard InChI is InChI=1S/C48H55Cl2FN8O7S/c1-27-43(67-26-55-27)29-12-10-28(11-13-29)23-52-46(63)36-20-30(60)24-59(36)47(64)44(48(2,3)4)57-39(61)8-6-7-9-40(62)58-18-16-31(17-19-58)66-38-21-32-35(22-37(38)65-5)53-25-54-45(32)56-34-15-14-33(49)41(50)42(34)51/h10-15,21-22,25-26,30-31,36,44,60H,6-9,16-20,23-24H2,1-5H3,(H,52,63)(H,57,61)(H,53,54,56)/t30-,36+,44?/m1/s1. The number of rotatable bonds is 16. The molecule has 5 aromatic rings. The van der Waals surface area contributed by atoms with E-state index in [4.69, 9.17) is 32.7 Å². The number of fused-ring (bicyclic) bond motifs is 1. The van der Waals surface area contributed by atoms with Gasteiger partial charge in [0.15, 0.2) is 17.3 Å². The van der Waals surface area contributed by atoms with Crippen LogP contribution in [0.5, 0.6) is 11.5 Å². The first-order chi connectivity index (χ1) is 32.0. The molecular formula is C48H55Cl2FN8O7S. The summed E-state index contributed by atoms with van der Waals surface area (Å²) in [6, 6.07) is 12.4. The van der Waals surface area contributed by atoms with E-state index in [1.165, 1.54) is 30.5 Å². The second-order valence-corrected chi connectivity index (χ2v) is 19.6. The Hall–Kier alpha value is -5.62. The van der Waals surface area contributed by atoms with Gasteiger partial charge in [-0.1, -0.05) is 68.2 Å². The molecule has 0 bridgehead atoms. The van der Waals surface area contributed by atoms with Crippen LogP contribution in [0.4, 0.5) is 15.9 Å². The SMILES string of the molecule is COc1cc2ncnc(Nc3ccc(Cl)c(Cl)c3F)c2cc1OC1CCN(C(=O)CCCCC(=O)NC(C(=O)N2C[C@H](O)C[C@H]2C(=O)NCc2ccc(-c3scnc3C)cc2)C(C)(C)C)CC1. The number of thiazole rings is 1. The van der Waals surface area contributed by atoms with Gasteiger partial charge < -0.3 is 40.3 Å². The molecule has 0 saturated carbocycles. The largest absolute Gasteiger partial charge is 0.493 e. The first-order valence-corrected chi connectivity index (χ1v) is 23.9. The number of aliphatic hydroxyl groups excluding tert-OH is 1. The Labute approximate surface area is 402 Å². The molecule has 4 amide bonds. The maximum atomic E-state index is 14.9. The van der Waals surface area contributed by atoms with Gasteiger partial charge in [0.25, 0.3) is 0 Å². The number of β-amino-alcohol motifs (C(OH)–C–C–N with tert-alkyl or cyclic N) is 1. The van der Waals surface area contributed by atoms with Crippen molar-refractivity contribution >= 4 is 80.6 Å². The monoisotopic (exact) mass is 976 g/mol. The van der Waals surface area contributed by atoms with E-state index in [1.807, 2.05) is 52.0 Å². The summed E-state index contributed by atoms with van der Waals surface area (Å²) in [5.74, 6) is -0.660. The van der Waals surface area contributed by atoms with Gasteiger partial charge in [-0.3, -0.25) is 19.2 Å². The molecule has 2 fully saturated rings. The molecule has 4 heterocycles. The number of nitrogens with zero attached hydrogens (tertiary/aromatic N) is 5. The summed E-state index contributed by atoms with van der Waals surface area (Å²) in [6.45, 7) is 8.66. The fourth-order valence-corrected chi connectivity index (χ4v) is 9.42. The van der Waals surface area contributed by atoms with E-state index >= 15 is 0 Å². The van der Waals surface area contributed by atoms with Crippen molar-refractivity contribution in [2.45, 2.75) is 103 Å². The third kappa shape index (κ3) is 11.9. The topological polar surface area (TPSA) is 188 Å². The number of benzene rings is 3. The minimum atomic E-state index is -0.950. The molecule has 356 valence electrons. The van der Waals surface area contributed by atoms with Gasteiger partial charge in [-0.15, -0.1) is 11.3 Å². The van der Waals surface area contributed by atoms with Crippen LogP contribution in [0.25, 0.3) is 21.3 Å². The Morgan fingerprint density at radius 2 is 1.72 bits per heavy atom. The number of likely N-dealkylation sites (tertiary alicyclic amines) is 2. The quantitative estimate of drug-likeness (QED) is 0.0554. The number of carbonyl (C=O) groups excluding carboxylic acids is 4. The van der Waals surface area contributed by atoms with Crippen molar-refractivity contribution in [3.8, 4) is 21.9 Å². The fraction of sp³-hybridized carbons (Fsp3) is 0.438. The maximum absolute atomic E-state index is 14.9. The van der Waals surface area contributed by atoms with Crippen LogP contribution < -0.4 is 25.4 Å². The van der Waals surface area contributed by atoms with Crippen molar-refractivity contribution in [2.75, 3.05) is 32.1 Å². The Balaban J connectivity index is 0.865. The highest BCUT2D eigenvalue weighted by atomic mass is 35.5. The number of aliphatic hydroxyl groups is 1. The number of hydrogen-bond acceptors (Lipinski definition) is 12. The summed E-state index contributed by atoms with van der Waals surface area (Å²) in [5.41, 5.74) is 4.61. The Kier molecular flexibility index (Phi) is 15.9. The van der Waals surface area contributed by atoms with Crippen molar-refractivity contribution in [2.24, 2.45) is 5.41 Å². The maximum Gasteiger partial charge on any atom is 0.246 e. The number of unbranched alkanes of at least 4 members (excludes halogenated alkanes) is 1. The summed E-state index contributed by atoms with van der Waals surface area (Å²) in [7, 11) is 1.53. The molecule has 2 aliphatic heterocycles. The first-order valence-electron chi connectivity index (χ1n) is 22.2. The number of methoxy groups -OCH3 is 1. The van der Waals surface area contributed by atoms with Crippen LogP contribution >= 0.6 is 34.5 Å². The molecule has 0 spiro atoms. The van der Waals surface area contributed by atoms with Crippen LogP contribution in [0, 0.1) is 18.2 Å².